The van der Waals surface area contributed by atoms with E-state index in [1.54, 1.807) is 0 Å². The minimum Gasteiger partial charge on any atom is -0.397 e. The molecule has 1 aliphatic rings. The van der Waals surface area contributed by atoms with Gasteiger partial charge in [0, 0.05) is 19.1 Å². The number of nitrogen functional groups attached to an aromatic ring is 1. The highest BCUT2D eigenvalue weighted by Gasteiger charge is 2.21. The number of nitrogens with one attached hydrogen (secondary N) is 1. The molecule has 1 heterocycles. The lowest BCUT2D eigenvalue weighted by atomic mass is 9.99. The fraction of sp³-hybridized carbons (Fsp3) is 0.462. The third kappa shape index (κ3) is 2.97. The van der Waals surface area contributed by atoms with E-state index in [0.717, 1.165) is 18.4 Å². The van der Waals surface area contributed by atoms with Gasteiger partial charge < -0.3 is 15.8 Å². The zero-order chi connectivity index (χ0) is 12.3. The molecule has 0 atom stereocenters. The maximum atomic E-state index is 12.0. The molecule has 2 rings (SSSR count). The van der Waals surface area contributed by atoms with Crippen molar-refractivity contribution in [2.75, 3.05) is 24.3 Å². The molecule has 0 radical (unpaired) electrons. The molecule has 0 aliphatic carbocycles. The molecule has 1 fully saturated rings. The third-order valence-corrected chi connectivity index (χ3v) is 3.06. The Balaban J connectivity index is 2.04. The maximum Gasteiger partial charge on any atom is 0.227 e. The monoisotopic (exact) mass is 234 g/mol. The molecule has 1 amide bonds. The van der Waals surface area contributed by atoms with E-state index in [1.165, 1.54) is 0 Å². The molecule has 0 spiro atoms. The van der Waals surface area contributed by atoms with Gasteiger partial charge in [0.2, 0.25) is 5.91 Å². The largest absolute Gasteiger partial charge is 0.397 e. The van der Waals surface area contributed by atoms with Crippen molar-refractivity contribution in [1.29, 1.82) is 0 Å². The van der Waals surface area contributed by atoms with E-state index in [4.69, 9.17) is 10.5 Å². The first-order valence-corrected chi connectivity index (χ1v) is 5.91. The minimum absolute atomic E-state index is 0.0451. The fourth-order valence-corrected chi connectivity index (χ4v) is 1.97. The number of hydrogen-bond donors (Lipinski definition) is 2. The van der Waals surface area contributed by atoms with Gasteiger partial charge >= 0.3 is 0 Å². The van der Waals surface area contributed by atoms with Crippen LogP contribution in [0, 0.1) is 12.8 Å². The molecule has 1 saturated heterocycles. The summed E-state index contributed by atoms with van der Waals surface area (Å²) in [6.45, 7) is 3.31. The van der Waals surface area contributed by atoms with Crippen LogP contribution in [0.25, 0.3) is 0 Å². The summed E-state index contributed by atoms with van der Waals surface area (Å²) in [7, 11) is 0. The lowest BCUT2D eigenvalue weighted by Crippen LogP contribution is -2.28. The van der Waals surface area contributed by atoms with Gasteiger partial charge in [-0.25, -0.2) is 0 Å². The summed E-state index contributed by atoms with van der Waals surface area (Å²) in [6.07, 6.45) is 1.58. The molecule has 0 saturated carbocycles. The van der Waals surface area contributed by atoms with Gasteiger partial charge in [-0.2, -0.15) is 0 Å². The van der Waals surface area contributed by atoms with Crippen molar-refractivity contribution in [1.82, 2.24) is 0 Å². The van der Waals surface area contributed by atoms with Crippen molar-refractivity contribution in [3.8, 4) is 0 Å². The van der Waals surface area contributed by atoms with Crippen LogP contribution in [-0.4, -0.2) is 19.1 Å². The zero-order valence-electron chi connectivity index (χ0n) is 10.0. The molecule has 0 unspecified atom stereocenters. The minimum atomic E-state index is 0.0451. The number of carbonyl (C=O) groups excluding carboxylic acids is 1. The molecular formula is C13H18N2O2. The van der Waals surface area contributed by atoms with E-state index in [-0.39, 0.29) is 11.8 Å². The molecule has 4 heteroatoms. The van der Waals surface area contributed by atoms with Gasteiger partial charge in [-0.3, -0.25) is 4.79 Å². The molecule has 92 valence electrons. The average Bonchev–Trinajstić information content (AvgIpc) is 2.35. The molecule has 1 aromatic rings. The quantitative estimate of drug-likeness (QED) is 0.769. The fourth-order valence-electron chi connectivity index (χ4n) is 1.97. The van der Waals surface area contributed by atoms with Crippen molar-refractivity contribution < 1.29 is 9.53 Å². The molecule has 0 aromatic heterocycles. The second-order valence-electron chi connectivity index (χ2n) is 4.47. The summed E-state index contributed by atoms with van der Waals surface area (Å²) in [5, 5.41) is 2.90. The molecule has 0 bridgehead atoms. The highest BCUT2D eigenvalue weighted by molar-refractivity contribution is 5.95. The Hall–Kier alpha value is -1.55. The summed E-state index contributed by atoms with van der Waals surface area (Å²) >= 11 is 0. The van der Waals surface area contributed by atoms with Crippen molar-refractivity contribution in [2.24, 2.45) is 5.92 Å². The van der Waals surface area contributed by atoms with Gasteiger partial charge in [0.05, 0.1) is 11.4 Å². The number of amides is 1. The number of aryl methyl sites for hydroxylation is 1. The van der Waals surface area contributed by atoms with Crippen LogP contribution in [0.1, 0.15) is 18.4 Å². The van der Waals surface area contributed by atoms with E-state index >= 15 is 0 Å². The summed E-state index contributed by atoms with van der Waals surface area (Å²) in [5.41, 5.74) is 8.23. The molecule has 4 nitrogen and oxygen atoms in total. The Labute approximate surface area is 101 Å². The standard InChI is InChI=1S/C13H18N2O2/c1-9-2-3-11(14)12(8-9)15-13(16)10-4-6-17-7-5-10/h2-3,8,10H,4-7,14H2,1H3,(H,15,16). The number of benzene rings is 1. The van der Waals surface area contributed by atoms with Gasteiger partial charge in [-0.05, 0) is 37.5 Å². The summed E-state index contributed by atoms with van der Waals surface area (Å²) in [6, 6.07) is 5.64. The van der Waals surface area contributed by atoms with E-state index in [9.17, 15) is 4.79 Å². The van der Waals surface area contributed by atoms with Crippen LogP contribution >= 0.6 is 0 Å². The highest BCUT2D eigenvalue weighted by atomic mass is 16.5. The van der Waals surface area contributed by atoms with Crippen LogP contribution in [0.5, 0.6) is 0 Å². The van der Waals surface area contributed by atoms with Crippen molar-refractivity contribution in [3.63, 3.8) is 0 Å². The number of hydrogen-bond acceptors (Lipinski definition) is 3. The Morgan fingerprint density at radius 3 is 2.82 bits per heavy atom. The highest BCUT2D eigenvalue weighted by Crippen LogP contribution is 2.22. The Bertz CT molecular complexity index is 412. The topological polar surface area (TPSA) is 64.3 Å². The third-order valence-electron chi connectivity index (χ3n) is 3.06. The number of anilines is 2. The van der Waals surface area contributed by atoms with Gasteiger partial charge in [0.1, 0.15) is 0 Å². The van der Waals surface area contributed by atoms with Crippen molar-refractivity contribution in [3.05, 3.63) is 23.8 Å². The summed E-state index contributed by atoms with van der Waals surface area (Å²) < 4.78 is 5.24. The average molecular weight is 234 g/mol. The Kier molecular flexibility index (Phi) is 3.64. The second kappa shape index (κ2) is 5.19. The van der Waals surface area contributed by atoms with E-state index < -0.39 is 0 Å². The Morgan fingerprint density at radius 1 is 1.41 bits per heavy atom. The van der Waals surface area contributed by atoms with E-state index in [2.05, 4.69) is 5.32 Å². The van der Waals surface area contributed by atoms with Gasteiger partial charge in [-0.1, -0.05) is 6.07 Å². The smallest absolute Gasteiger partial charge is 0.227 e. The lowest BCUT2D eigenvalue weighted by molar-refractivity contribution is -0.122. The summed E-state index contributed by atoms with van der Waals surface area (Å²) in [5.74, 6) is 0.0919. The predicted molar refractivity (Wildman–Crippen MR) is 67.8 cm³/mol. The van der Waals surface area contributed by atoms with Gasteiger partial charge in [0.15, 0.2) is 0 Å². The number of nitrogens with two attached hydrogens (primary N) is 1. The van der Waals surface area contributed by atoms with Gasteiger partial charge in [0.25, 0.3) is 0 Å². The van der Waals surface area contributed by atoms with Crippen LogP contribution in [0.2, 0.25) is 0 Å². The van der Waals surface area contributed by atoms with E-state index in [1.807, 2.05) is 25.1 Å². The number of rotatable bonds is 2. The van der Waals surface area contributed by atoms with Crippen LogP contribution in [0.15, 0.2) is 18.2 Å². The first kappa shape index (κ1) is 11.9. The van der Waals surface area contributed by atoms with Crippen LogP contribution in [0.3, 0.4) is 0 Å². The molecular weight excluding hydrogens is 216 g/mol. The first-order valence-electron chi connectivity index (χ1n) is 5.91. The maximum absolute atomic E-state index is 12.0. The lowest BCUT2D eigenvalue weighted by Gasteiger charge is -2.21. The van der Waals surface area contributed by atoms with Crippen molar-refractivity contribution in [2.45, 2.75) is 19.8 Å². The molecule has 3 N–H and O–H groups in total. The SMILES string of the molecule is Cc1ccc(N)c(NC(=O)C2CCOCC2)c1. The van der Waals surface area contributed by atoms with E-state index in [0.29, 0.717) is 24.6 Å². The van der Waals surface area contributed by atoms with Crippen LogP contribution in [-0.2, 0) is 9.53 Å². The van der Waals surface area contributed by atoms with Gasteiger partial charge in [-0.15, -0.1) is 0 Å². The van der Waals surface area contributed by atoms with Crippen LogP contribution < -0.4 is 11.1 Å². The Morgan fingerprint density at radius 2 is 2.12 bits per heavy atom. The summed E-state index contributed by atoms with van der Waals surface area (Å²) in [4.78, 5) is 12.0. The van der Waals surface area contributed by atoms with Crippen molar-refractivity contribution >= 4 is 17.3 Å². The predicted octanol–water partition coefficient (Wildman–Crippen LogP) is 1.94. The zero-order valence-corrected chi connectivity index (χ0v) is 10.0. The first-order chi connectivity index (χ1) is 8.16. The molecule has 17 heavy (non-hydrogen) atoms. The normalized spacial score (nSPS) is 16.8. The van der Waals surface area contributed by atoms with Crippen LogP contribution in [0.4, 0.5) is 11.4 Å². The number of ether oxygens (including phenoxy) is 1. The number of carbonyl (C=O) groups is 1. The second-order valence-corrected chi connectivity index (χ2v) is 4.47. The molecule has 1 aliphatic heterocycles. The molecule has 1 aromatic carbocycles.